The zero-order chi connectivity index (χ0) is 20.4. The van der Waals surface area contributed by atoms with E-state index in [4.69, 9.17) is 9.40 Å². The number of hydrogen-bond acceptors (Lipinski definition) is 3. The van der Waals surface area contributed by atoms with Gasteiger partial charge in [-0.3, -0.25) is 4.79 Å². The first-order valence-corrected chi connectivity index (χ1v) is 9.91. The molecule has 0 saturated carbocycles. The molecule has 29 heavy (non-hydrogen) atoms. The zero-order valence-electron chi connectivity index (χ0n) is 16.9. The van der Waals surface area contributed by atoms with Crippen molar-refractivity contribution in [3.05, 3.63) is 89.6 Å². The molecular weight excluding hydrogens is 362 g/mol. The third kappa shape index (κ3) is 3.94. The summed E-state index contributed by atoms with van der Waals surface area (Å²) in [6.45, 7) is 7.02. The smallest absolute Gasteiger partial charge is 0.287 e. The van der Waals surface area contributed by atoms with Gasteiger partial charge in [0.15, 0.2) is 5.76 Å². The van der Waals surface area contributed by atoms with E-state index in [0.717, 1.165) is 16.9 Å². The number of nitrogens with one attached hydrogen (secondary N) is 1. The molecule has 0 unspecified atom stereocenters. The summed E-state index contributed by atoms with van der Waals surface area (Å²) >= 11 is 0. The minimum atomic E-state index is -0.269. The maximum absolute atomic E-state index is 12.4. The van der Waals surface area contributed by atoms with Crippen LogP contribution in [0.5, 0.6) is 0 Å². The average Bonchev–Trinajstić information content (AvgIpc) is 3.37. The first-order chi connectivity index (χ1) is 14.0. The Morgan fingerprint density at radius 2 is 1.79 bits per heavy atom. The lowest BCUT2D eigenvalue weighted by Gasteiger charge is -2.16. The van der Waals surface area contributed by atoms with E-state index in [-0.39, 0.29) is 11.9 Å². The summed E-state index contributed by atoms with van der Waals surface area (Å²) in [6, 6.07) is 19.8. The largest absolute Gasteiger partial charge is 0.459 e. The molecule has 0 radical (unpaired) electrons. The Labute approximate surface area is 170 Å². The van der Waals surface area contributed by atoms with Crippen LogP contribution in [0.4, 0.5) is 0 Å². The number of aromatic nitrogens is 2. The SMILES string of the molecule is CC(C)c1ccc(Cn2c([C@H](C)NC(=O)c3ccco3)nc3ccccc32)cc1. The lowest BCUT2D eigenvalue weighted by atomic mass is 10.0. The Bertz CT molecular complexity index is 1110. The normalized spacial score (nSPS) is 12.4. The van der Waals surface area contributed by atoms with Crippen molar-refractivity contribution in [3.8, 4) is 0 Å². The van der Waals surface area contributed by atoms with Crippen LogP contribution < -0.4 is 5.32 Å². The van der Waals surface area contributed by atoms with Gasteiger partial charge in [-0.25, -0.2) is 4.98 Å². The lowest BCUT2D eigenvalue weighted by Crippen LogP contribution is -2.28. The highest BCUT2D eigenvalue weighted by atomic mass is 16.3. The van der Waals surface area contributed by atoms with E-state index in [2.05, 4.69) is 54.1 Å². The van der Waals surface area contributed by atoms with Gasteiger partial charge in [-0.2, -0.15) is 0 Å². The Morgan fingerprint density at radius 3 is 2.48 bits per heavy atom. The molecule has 4 rings (SSSR count). The number of nitrogens with zero attached hydrogens (tertiary/aromatic N) is 2. The fraction of sp³-hybridized carbons (Fsp3) is 0.250. The number of hydrogen-bond donors (Lipinski definition) is 1. The van der Waals surface area contributed by atoms with Gasteiger partial charge in [-0.1, -0.05) is 50.2 Å². The minimum Gasteiger partial charge on any atom is -0.459 e. The third-order valence-electron chi connectivity index (χ3n) is 5.15. The van der Waals surface area contributed by atoms with Crippen molar-refractivity contribution < 1.29 is 9.21 Å². The van der Waals surface area contributed by atoms with Crippen molar-refractivity contribution in [1.82, 2.24) is 14.9 Å². The summed E-state index contributed by atoms with van der Waals surface area (Å²) in [5.74, 6) is 1.37. The van der Waals surface area contributed by atoms with Gasteiger partial charge >= 0.3 is 0 Å². The number of benzene rings is 2. The number of amides is 1. The standard InChI is InChI=1S/C24H25N3O2/c1-16(2)19-12-10-18(11-13-19)15-27-21-8-5-4-7-20(21)26-23(27)17(3)25-24(28)22-9-6-14-29-22/h4-14,16-17H,15H2,1-3H3,(H,25,28)/t17-/m0/s1. The second kappa shape index (κ2) is 7.95. The van der Waals surface area contributed by atoms with Crippen molar-refractivity contribution in [2.45, 2.75) is 39.3 Å². The highest BCUT2D eigenvalue weighted by molar-refractivity contribution is 5.91. The number of carbonyl (C=O) groups is 1. The molecule has 1 atom stereocenters. The number of fused-ring (bicyclic) bond motifs is 1. The van der Waals surface area contributed by atoms with Crippen LogP contribution in [0.2, 0.25) is 0 Å². The number of carbonyl (C=O) groups excluding carboxylic acids is 1. The second-order valence-electron chi connectivity index (χ2n) is 7.61. The molecule has 0 saturated heterocycles. The van der Waals surface area contributed by atoms with Crippen molar-refractivity contribution >= 4 is 16.9 Å². The molecule has 5 nitrogen and oxygen atoms in total. The molecule has 0 aliphatic carbocycles. The molecule has 0 spiro atoms. The molecule has 0 aliphatic heterocycles. The number of para-hydroxylation sites is 2. The van der Waals surface area contributed by atoms with E-state index in [9.17, 15) is 4.79 Å². The van der Waals surface area contributed by atoms with E-state index >= 15 is 0 Å². The monoisotopic (exact) mass is 387 g/mol. The molecule has 1 N–H and O–H groups in total. The van der Waals surface area contributed by atoms with Crippen molar-refractivity contribution in [2.24, 2.45) is 0 Å². The number of rotatable bonds is 6. The molecule has 1 amide bonds. The van der Waals surface area contributed by atoms with Crippen LogP contribution in [0.15, 0.2) is 71.3 Å². The van der Waals surface area contributed by atoms with Crippen molar-refractivity contribution in [1.29, 1.82) is 0 Å². The van der Waals surface area contributed by atoms with Gasteiger partial charge in [0, 0.05) is 6.54 Å². The molecule has 2 aromatic carbocycles. The summed E-state index contributed by atoms with van der Waals surface area (Å²) in [7, 11) is 0. The van der Waals surface area contributed by atoms with E-state index < -0.39 is 0 Å². The molecule has 2 aromatic heterocycles. The molecule has 0 fully saturated rings. The van der Waals surface area contributed by atoms with Crippen LogP contribution in [0, 0.1) is 0 Å². The maximum atomic E-state index is 12.4. The van der Waals surface area contributed by atoms with Crippen LogP contribution in [0.25, 0.3) is 11.0 Å². The second-order valence-corrected chi connectivity index (χ2v) is 7.61. The fourth-order valence-electron chi connectivity index (χ4n) is 3.52. The van der Waals surface area contributed by atoms with E-state index in [1.807, 2.05) is 25.1 Å². The molecule has 2 heterocycles. The van der Waals surface area contributed by atoms with Crippen LogP contribution in [-0.4, -0.2) is 15.5 Å². The van der Waals surface area contributed by atoms with E-state index in [1.54, 1.807) is 12.1 Å². The van der Waals surface area contributed by atoms with Gasteiger partial charge in [0.25, 0.3) is 5.91 Å². The van der Waals surface area contributed by atoms with Gasteiger partial charge in [-0.05, 0) is 48.2 Å². The van der Waals surface area contributed by atoms with Gasteiger partial charge in [0.05, 0.1) is 23.3 Å². The average molecular weight is 387 g/mol. The van der Waals surface area contributed by atoms with Crippen LogP contribution in [0.1, 0.15) is 60.2 Å². The molecule has 4 aromatic rings. The molecule has 0 aliphatic rings. The van der Waals surface area contributed by atoms with Crippen molar-refractivity contribution in [2.75, 3.05) is 0 Å². The lowest BCUT2D eigenvalue weighted by molar-refractivity contribution is 0.0909. The third-order valence-corrected chi connectivity index (χ3v) is 5.15. The summed E-state index contributed by atoms with van der Waals surface area (Å²) in [5.41, 5.74) is 4.49. The Balaban J connectivity index is 1.66. The predicted molar refractivity (Wildman–Crippen MR) is 114 cm³/mol. The first-order valence-electron chi connectivity index (χ1n) is 9.91. The zero-order valence-corrected chi connectivity index (χ0v) is 16.9. The van der Waals surface area contributed by atoms with Gasteiger partial charge < -0.3 is 14.3 Å². The molecule has 5 heteroatoms. The molecular formula is C24H25N3O2. The Hall–Kier alpha value is -3.34. The van der Waals surface area contributed by atoms with Gasteiger partial charge in [-0.15, -0.1) is 0 Å². The highest BCUT2D eigenvalue weighted by Gasteiger charge is 2.20. The summed E-state index contributed by atoms with van der Waals surface area (Å²) in [4.78, 5) is 17.2. The topological polar surface area (TPSA) is 60.1 Å². The predicted octanol–water partition coefficient (Wildman–Crippen LogP) is 5.29. The molecule has 148 valence electrons. The summed E-state index contributed by atoms with van der Waals surface area (Å²) in [6.07, 6.45) is 1.50. The van der Waals surface area contributed by atoms with Crippen LogP contribution in [-0.2, 0) is 6.54 Å². The fourth-order valence-corrected chi connectivity index (χ4v) is 3.52. The van der Waals surface area contributed by atoms with Gasteiger partial charge in [0.2, 0.25) is 0 Å². The van der Waals surface area contributed by atoms with Crippen LogP contribution in [0.3, 0.4) is 0 Å². The summed E-state index contributed by atoms with van der Waals surface area (Å²) < 4.78 is 7.38. The number of furan rings is 1. The van der Waals surface area contributed by atoms with Crippen LogP contribution >= 0.6 is 0 Å². The van der Waals surface area contributed by atoms with E-state index in [1.165, 1.54) is 17.4 Å². The maximum Gasteiger partial charge on any atom is 0.287 e. The highest BCUT2D eigenvalue weighted by Crippen LogP contribution is 2.23. The first kappa shape index (κ1) is 19.0. The quantitative estimate of drug-likeness (QED) is 0.489. The summed E-state index contributed by atoms with van der Waals surface area (Å²) in [5, 5.41) is 2.99. The van der Waals surface area contributed by atoms with Crippen molar-refractivity contribution in [3.63, 3.8) is 0 Å². The number of imidazole rings is 1. The minimum absolute atomic E-state index is 0.248. The Morgan fingerprint density at radius 1 is 1.03 bits per heavy atom. The molecule has 0 bridgehead atoms. The Kier molecular flexibility index (Phi) is 5.21. The van der Waals surface area contributed by atoms with E-state index in [0.29, 0.717) is 18.2 Å². The van der Waals surface area contributed by atoms with Gasteiger partial charge in [0.1, 0.15) is 5.82 Å².